The van der Waals surface area contributed by atoms with Crippen LogP contribution in [0, 0.1) is 5.92 Å². The number of hydrogen-bond donors (Lipinski definition) is 2. The van der Waals surface area contributed by atoms with Crippen molar-refractivity contribution in [2.75, 3.05) is 6.54 Å². The third kappa shape index (κ3) is 3.21. The summed E-state index contributed by atoms with van der Waals surface area (Å²) in [5, 5.41) is 16.5. The van der Waals surface area contributed by atoms with Crippen LogP contribution in [0.5, 0.6) is 0 Å². The molecule has 2 N–H and O–H groups in total. The average Bonchev–Trinajstić information content (AvgIpc) is 2.98. The predicted octanol–water partition coefficient (Wildman–Crippen LogP) is 1.01. The van der Waals surface area contributed by atoms with E-state index in [0.29, 0.717) is 11.4 Å². The predicted molar refractivity (Wildman–Crippen MR) is 74.5 cm³/mol. The number of carbonyl (C=O) groups excluding carboxylic acids is 1. The molecule has 0 saturated heterocycles. The van der Waals surface area contributed by atoms with Crippen molar-refractivity contribution in [3.63, 3.8) is 0 Å². The van der Waals surface area contributed by atoms with E-state index in [2.05, 4.69) is 15.4 Å². The van der Waals surface area contributed by atoms with Gasteiger partial charge in [-0.15, -0.1) is 0 Å². The number of pyridine rings is 1. The Morgan fingerprint density at radius 2 is 2.20 bits per heavy atom. The zero-order valence-electron chi connectivity index (χ0n) is 11.5. The molecule has 2 aromatic heterocycles. The van der Waals surface area contributed by atoms with Crippen LogP contribution in [0.1, 0.15) is 24.2 Å². The summed E-state index contributed by atoms with van der Waals surface area (Å²) in [4.78, 5) is 16.4. The van der Waals surface area contributed by atoms with E-state index < -0.39 is 6.10 Å². The number of carbonyl (C=O) groups is 1. The summed E-state index contributed by atoms with van der Waals surface area (Å²) >= 11 is 0. The molecule has 1 amide bonds. The number of nitrogens with zero attached hydrogens (tertiary/aromatic N) is 3. The minimum absolute atomic E-state index is 0.0924. The van der Waals surface area contributed by atoms with Crippen molar-refractivity contribution in [1.82, 2.24) is 20.1 Å². The monoisotopic (exact) mass is 274 g/mol. The Balaban J connectivity index is 2.15. The van der Waals surface area contributed by atoms with Gasteiger partial charge in [-0.1, -0.05) is 13.8 Å². The van der Waals surface area contributed by atoms with Crippen molar-refractivity contribution in [2.24, 2.45) is 5.92 Å². The van der Waals surface area contributed by atoms with Gasteiger partial charge in [-0.3, -0.25) is 4.79 Å². The fraction of sp³-hybridized carbons (Fsp3) is 0.357. The quantitative estimate of drug-likeness (QED) is 0.853. The number of aliphatic hydroxyl groups is 1. The topological polar surface area (TPSA) is 80.0 Å². The van der Waals surface area contributed by atoms with Crippen LogP contribution in [0.25, 0.3) is 5.82 Å². The minimum Gasteiger partial charge on any atom is -0.391 e. The summed E-state index contributed by atoms with van der Waals surface area (Å²) in [5.74, 6) is 0.284. The largest absolute Gasteiger partial charge is 0.391 e. The molecule has 20 heavy (non-hydrogen) atoms. The second kappa shape index (κ2) is 6.29. The second-order valence-corrected chi connectivity index (χ2v) is 4.85. The first-order chi connectivity index (χ1) is 9.59. The number of aliphatic hydroxyl groups excluding tert-OH is 1. The molecular formula is C14H18N4O2. The Hall–Kier alpha value is -2.21. The van der Waals surface area contributed by atoms with Gasteiger partial charge >= 0.3 is 0 Å². The first-order valence-electron chi connectivity index (χ1n) is 6.51. The summed E-state index contributed by atoms with van der Waals surface area (Å²) < 4.78 is 1.54. The van der Waals surface area contributed by atoms with E-state index in [-0.39, 0.29) is 18.4 Å². The van der Waals surface area contributed by atoms with Crippen LogP contribution in [0.15, 0.2) is 36.8 Å². The van der Waals surface area contributed by atoms with Gasteiger partial charge in [0, 0.05) is 25.1 Å². The van der Waals surface area contributed by atoms with E-state index in [9.17, 15) is 9.90 Å². The lowest BCUT2D eigenvalue weighted by Gasteiger charge is -2.15. The molecule has 106 valence electrons. The molecule has 0 aliphatic heterocycles. The first kappa shape index (κ1) is 14.2. The van der Waals surface area contributed by atoms with Gasteiger partial charge in [-0.05, 0) is 24.1 Å². The Labute approximate surface area is 117 Å². The Bertz CT molecular complexity index is 566. The Morgan fingerprint density at radius 3 is 2.85 bits per heavy atom. The van der Waals surface area contributed by atoms with Crippen LogP contribution < -0.4 is 5.32 Å². The van der Waals surface area contributed by atoms with Crippen molar-refractivity contribution in [2.45, 2.75) is 20.0 Å². The lowest BCUT2D eigenvalue weighted by Crippen LogP contribution is -2.35. The summed E-state index contributed by atoms with van der Waals surface area (Å²) in [6.07, 6.45) is 4.39. The molecule has 6 nitrogen and oxygen atoms in total. The lowest BCUT2D eigenvalue weighted by atomic mass is 10.1. The number of rotatable bonds is 5. The van der Waals surface area contributed by atoms with Gasteiger partial charge < -0.3 is 10.4 Å². The SMILES string of the molecule is CC(C)C(O)CNC(=O)c1cccnc1-n1cccn1. The molecule has 0 aliphatic carbocycles. The van der Waals surface area contributed by atoms with Crippen LogP contribution in [-0.4, -0.2) is 38.4 Å². The first-order valence-corrected chi connectivity index (χ1v) is 6.51. The van der Waals surface area contributed by atoms with Crippen LogP contribution in [0.4, 0.5) is 0 Å². The molecule has 2 rings (SSSR count). The molecule has 2 heterocycles. The second-order valence-electron chi connectivity index (χ2n) is 4.85. The van der Waals surface area contributed by atoms with Crippen molar-refractivity contribution in [3.05, 3.63) is 42.4 Å². The van der Waals surface area contributed by atoms with Crippen LogP contribution in [-0.2, 0) is 0 Å². The summed E-state index contributed by atoms with van der Waals surface area (Å²) in [6.45, 7) is 4.01. The standard InChI is InChI=1S/C14H18N4O2/c1-10(2)12(19)9-16-14(20)11-5-3-6-15-13(11)18-8-4-7-17-18/h3-8,10,12,19H,9H2,1-2H3,(H,16,20). The van der Waals surface area contributed by atoms with E-state index in [4.69, 9.17) is 0 Å². The summed E-state index contributed by atoms with van der Waals surface area (Å²) in [6, 6.07) is 5.14. The van der Waals surface area contributed by atoms with Gasteiger partial charge in [0.25, 0.3) is 5.91 Å². The highest BCUT2D eigenvalue weighted by atomic mass is 16.3. The lowest BCUT2D eigenvalue weighted by molar-refractivity contribution is 0.0871. The van der Waals surface area contributed by atoms with E-state index in [0.717, 1.165) is 0 Å². The smallest absolute Gasteiger partial charge is 0.255 e. The zero-order valence-corrected chi connectivity index (χ0v) is 11.5. The molecule has 0 aliphatic rings. The highest BCUT2D eigenvalue weighted by Crippen LogP contribution is 2.10. The highest BCUT2D eigenvalue weighted by molar-refractivity contribution is 5.97. The molecule has 1 unspecified atom stereocenters. The number of amides is 1. The fourth-order valence-corrected chi connectivity index (χ4v) is 1.68. The van der Waals surface area contributed by atoms with Crippen molar-refractivity contribution in [1.29, 1.82) is 0 Å². The normalized spacial score (nSPS) is 12.4. The Morgan fingerprint density at radius 1 is 1.40 bits per heavy atom. The molecule has 0 saturated carbocycles. The summed E-state index contributed by atoms with van der Waals surface area (Å²) in [5.41, 5.74) is 0.423. The van der Waals surface area contributed by atoms with E-state index in [1.165, 1.54) is 4.68 Å². The number of nitrogens with one attached hydrogen (secondary N) is 1. The maximum Gasteiger partial charge on any atom is 0.255 e. The van der Waals surface area contributed by atoms with Gasteiger partial charge in [-0.2, -0.15) is 5.10 Å². The fourth-order valence-electron chi connectivity index (χ4n) is 1.68. The molecule has 0 bridgehead atoms. The van der Waals surface area contributed by atoms with E-state index >= 15 is 0 Å². The minimum atomic E-state index is -0.566. The molecule has 6 heteroatoms. The third-order valence-electron chi connectivity index (χ3n) is 2.99. The molecule has 0 radical (unpaired) electrons. The maximum atomic E-state index is 12.2. The van der Waals surface area contributed by atoms with Crippen molar-refractivity contribution in [3.8, 4) is 5.82 Å². The van der Waals surface area contributed by atoms with E-state index in [1.54, 1.807) is 36.8 Å². The third-order valence-corrected chi connectivity index (χ3v) is 2.99. The number of aromatic nitrogens is 3. The molecule has 0 aromatic carbocycles. The van der Waals surface area contributed by atoms with Crippen molar-refractivity contribution < 1.29 is 9.90 Å². The maximum absolute atomic E-state index is 12.2. The molecule has 2 aromatic rings. The highest BCUT2D eigenvalue weighted by Gasteiger charge is 2.16. The molecule has 0 fully saturated rings. The molecular weight excluding hydrogens is 256 g/mol. The number of hydrogen-bond acceptors (Lipinski definition) is 4. The van der Waals surface area contributed by atoms with Crippen molar-refractivity contribution >= 4 is 5.91 Å². The average molecular weight is 274 g/mol. The zero-order chi connectivity index (χ0) is 14.5. The van der Waals surface area contributed by atoms with Crippen LogP contribution in [0.2, 0.25) is 0 Å². The van der Waals surface area contributed by atoms with Gasteiger partial charge in [0.15, 0.2) is 5.82 Å². The van der Waals surface area contributed by atoms with Gasteiger partial charge in [0.05, 0.1) is 11.7 Å². The molecule has 0 spiro atoms. The van der Waals surface area contributed by atoms with Crippen LogP contribution in [0.3, 0.4) is 0 Å². The van der Waals surface area contributed by atoms with Gasteiger partial charge in [-0.25, -0.2) is 9.67 Å². The van der Waals surface area contributed by atoms with Crippen LogP contribution >= 0.6 is 0 Å². The Kier molecular flexibility index (Phi) is 4.47. The van der Waals surface area contributed by atoms with E-state index in [1.807, 2.05) is 13.8 Å². The van der Waals surface area contributed by atoms with Gasteiger partial charge in [0.2, 0.25) is 0 Å². The summed E-state index contributed by atoms with van der Waals surface area (Å²) in [7, 11) is 0. The molecule has 1 atom stereocenters. The van der Waals surface area contributed by atoms with Gasteiger partial charge in [0.1, 0.15) is 0 Å².